The van der Waals surface area contributed by atoms with Crippen LogP contribution in [0.4, 0.5) is 5.82 Å². The van der Waals surface area contributed by atoms with Crippen molar-refractivity contribution in [3.63, 3.8) is 0 Å². The van der Waals surface area contributed by atoms with E-state index in [1.54, 1.807) is 0 Å². The molecule has 0 N–H and O–H groups in total. The summed E-state index contributed by atoms with van der Waals surface area (Å²) in [6.45, 7) is 3.70. The minimum absolute atomic E-state index is 0.152. The zero-order chi connectivity index (χ0) is 10.1. The Morgan fingerprint density at radius 3 is 3.07 bits per heavy atom. The van der Waals surface area contributed by atoms with E-state index in [-0.39, 0.29) is 5.82 Å². The van der Waals surface area contributed by atoms with Crippen LogP contribution in [-0.4, -0.2) is 10.1 Å². The molecule has 2 aromatic rings. The van der Waals surface area contributed by atoms with E-state index >= 15 is 0 Å². The summed E-state index contributed by atoms with van der Waals surface area (Å²) < 4.78 is 6.34. The molecule has 0 aliphatic heterocycles. The van der Waals surface area contributed by atoms with Crippen LogP contribution in [-0.2, 0) is 0 Å². The van der Waals surface area contributed by atoms with Crippen molar-refractivity contribution >= 4 is 11.5 Å². The first-order valence-corrected chi connectivity index (χ1v) is 3.93. The van der Waals surface area contributed by atoms with Crippen molar-refractivity contribution in [3.05, 3.63) is 27.9 Å². The molecule has 14 heavy (non-hydrogen) atoms. The van der Waals surface area contributed by atoms with Crippen LogP contribution in [0.3, 0.4) is 0 Å². The monoisotopic (exact) mass is 191 g/mol. The highest BCUT2D eigenvalue weighted by atomic mass is 16.6. The van der Waals surface area contributed by atoms with Gasteiger partial charge in [0.05, 0.1) is 5.16 Å². The average Bonchev–Trinajstić information content (AvgIpc) is 2.49. The minimum atomic E-state index is 0.152. The highest BCUT2D eigenvalue weighted by Crippen LogP contribution is 2.12. The van der Waals surface area contributed by atoms with Crippen molar-refractivity contribution in [1.29, 1.82) is 0 Å². The molecule has 0 saturated heterocycles. The van der Waals surface area contributed by atoms with Gasteiger partial charge in [-0.3, -0.25) is 0 Å². The van der Waals surface area contributed by atoms with E-state index in [0.717, 1.165) is 11.4 Å². The lowest BCUT2D eigenvalue weighted by atomic mass is 10.3. The summed E-state index contributed by atoms with van der Waals surface area (Å²) in [5, 5.41) is 6.96. The Hall–Kier alpha value is -2.14. The molecule has 0 unspecified atom stereocenters. The third-order valence-electron chi connectivity index (χ3n) is 1.76. The molecular formula is C7H7N6O+. The number of aromatic nitrogens is 3. The predicted molar refractivity (Wildman–Crippen MR) is 45.7 cm³/mol. The van der Waals surface area contributed by atoms with Crippen molar-refractivity contribution in [2.24, 2.45) is 5.11 Å². The molecule has 0 aliphatic carbocycles. The minimum Gasteiger partial charge on any atom is -0.134 e. The predicted octanol–water partition coefficient (Wildman–Crippen LogP) is 1.37. The largest absolute Gasteiger partial charge is 0.350 e. The van der Waals surface area contributed by atoms with E-state index < -0.39 is 0 Å². The van der Waals surface area contributed by atoms with Crippen LogP contribution in [0, 0.1) is 13.8 Å². The molecule has 0 aromatic carbocycles. The Morgan fingerprint density at radius 2 is 2.36 bits per heavy atom. The van der Waals surface area contributed by atoms with Gasteiger partial charge in [0.25, 0.3) is 0 Å². The molecule has 0 radical (unpaired) electrons. The van der Waals surface area contributed by atoms with Crippen LogP contribution in [0.1, 0.15) is 11.4 Å². The van der Waals surface area contributed by atoms with Gasteiger partial charge in [0.15, 0.2) is 0 Å². The molecule has 0 saturated carbocycles. The molecule has 0 amide bonds. The second-order valence-corrected chi connectivity index (χ2v) is 2.84. The van der Waals surface area contributed by atoms with Gasteiger partial charge in [0, 0.05) is 11.0 Å². The average molecular weight is 191 g/mol. The number of hydrogen-bond donors (Lipinski definition) is 0. The van der Waals surface area contributed by atoms with Crippen LogP contribution in [0.15, 0.2) is 15.8 Å². The SMILES string of the molecule is Cc1cc(C)[n+]2onc(N=[N+]=[N-])c2n1. The fourth-order valence-corrected chi connectivity index (χ4v) is 1.24. The lowest BCUT2D eigenvalue weighted by Gasteiger charge is -1.88. The summed E-state index contributed by atoms with van der Waals surface area (Å²) in [5.74, 6) is 0.152. The fraction of sp³-hybridized carbons (Fsp3) is 0.286. The van der Waals surface area contributed by atoms with Crippen LogP contribution in [0.25, 0.3) is 16.1 Å². The van der Waals surface area contributed by atoms with E-state index in [4.69, 9.17) is 10.2 Å². The summed E-state index contributed by atoms with van der Waals surface area (Å²) in [6.07, 6.45) is 0. The van der Waals surface area contributed by atoms with Crippen molar-refractivity contribution < 1.29 is 9.20 Å². The zero-order valence-electron chi connectivity index (χ0n) is 7.67. The summed E-state index contributed by atoms with van der Waals surface area (Å²) in [7, 11) is 0. The smallest absolute Gasteiger partial charge is 0.134 e. The maximum absolute atomic E-state index is 8.28. The Labute approximate surface area is 78.6 Å². The van der Waals surface area contributed by atoms with Gasteiger partial charge in [-0.25, -0.2) is 0 Å². The third kappa shape index (κ3) is 1.16. The van der Waals surface area contributed by atoms with Crippen molar-refractivity contribution in [2.75, 3.05) is 0 Å². The first kappa shape index (κ1) is 8.46. The molecule has 70 valence electrons. The number of hydrogen-bond acceptors (Lipinski definition) is 4. The quantitative estimate of drug-likeness (QED) is 0.295. The number of aryl methyl sites for hydroxylation is 2. The third-order valence-corrected chi connectivity index (χ3v) is 1.76. The van der Waals surface area contributed by atoms with E-state index in [9.17, 15) is 0 Å². The first-order valence-electron chi connectivity index (χ1n) is 3.93. The Bertz CT molecular complexity index is 538. The zero-order valence-corrected chi connectivity index (χ0v) is 7.67. The first-order chi connectivity index (χ1) is 6.72. The van der Waals surface area contributed by atoms with Crippen molar-refractivity contribution in [1.82, 2.24) is 10.1 Å². The lowest BCUT2D eigenvalue weighted by molar-refractivity contribution is -0.735. The summed E-state index contributed by atoms with van der Waals surface area (Å²) in [5.41, 5.74) is 10.4. The van der Waals surface area contributed by atoms with E-state index in [1.165, 1.54) is 4.57 Å². The molecule has 0 spiro atoms. The number of fused-ring (bicyclic) bond motifs is 1. The second kappa shape index (κ2) is 2.97. The van der Waals surface area contributed by atoms with Crippen LogP contribution >= 0.6 is 0 Å². The van der Waals surface area contributed by atoms with E-state index in [0.29, 0.717) is 5.65 Å². The summed E-state index contributed by atoms with van der Waals surface area (Å²) in [4.78, 5) is 6.79. The Kier molecular flexibility index (Phi) is 1.79. The van der Waals surface area contributed by atoms with Gasteiger partial charge in [-0.05, 0) is 29.1 Å². The summed E-state index contributed by atoms with van der Waals surface area (Å²) in [6, 6.07) is 1.85. The lowest BCUT2D eigenvalue weighted by Crippen LogP contribution is -2.23. The van der Waals surface area contributed by atoms with E-state index in [1.807, 2.05) is 19.9 Å². The van der Waals surface area contributed by atoms with Crippen LogP contribution < -0.4 is 4.57 Å². The van der Waals surface area contributed by atoms with Gasteiger partial charge in [0.2, 0.25) is 0 Å². The fourth-order valence-electron chi connectivity index (χ4n) is 1.24. The number of azide groups is 1. The van der Waals surface area contributed by atoms with Gasteiger partial charge in [0.1, 0.15) is 11.4 Å². The molecule has 2 rings (SSSR count). The number of rotatable bonds is 1. The molecule has 0 aliphatic rings. The molecule has 7 heteroatoms. The van der Waals surface area contributed by atoms with Crippen molar-refractivity contribution in [3.8, 4) is 0 Å². The van der Waals surface area contributed by atoms with Gasteiger partial charge in [-0.1, -0.05) is 0 Å². The second-order valence-electron chi connectivity index (χ2n) is 2.84. The molecule has 0 bridgehead atoms. The van der Waals surface area contributed by atoms with Crippen LogP contribution in [0.5, 0.6) is 0 Å². The number of nitrogens with zero attached hydrogens (tertiary/aromatic N) is 6. The maximum atomic E-state index is 8.28. The highest BCUT2D eigenvalue weighted by Gasteiger charge is 2.19. The highest BCUT2D eigenvalue weighted by molar-refractivity contribution is 5.51. The normalized spacial score (nSPS) is 10.1. The van der Waals surface area contributed by atoms with E-state index in [2.05, 4.69) is 20.2 Å². The molecule has 2 heterocycles. The Balaban J connectivity index is 2.84. The van der Waals surface area contributed by atoms with Gasteiger partial charge in [-0.15, -0.1) is 9.61 Å². The van der Waals surface area contributed by atoms with Gasteiger partial charge in [-0.2, -0.15) is 0 Å². The summed E-state index contributed by atoms with van der Waals surface area (Å²) >= 11 is 0. The van der Waals surface area contributed by atoms with Gasteiger partial charge < -0.3 is 0 Å². The van der Waals surface area contributed by atoms with Gasteiger partial charge >= 0.3 is 11.5 Å². The molecule has 0 fully saturated rings. The maximum Gasteiger partial charge on any atom is 0.350 e. The Morgan fingerprint density at radius 1 is 1.57 bits per heavy atom. The molecular weight excluding hydrogens is 184 g/mol. The topological polar surface area (TPSA) is 91.8 Å². The van der Waals surface area contributed by atoms with Crippen molar-refractivity contribution in [2.45, 2.75) is 13.8 Å². The van der Waals surface area contributed by atoms with Crippen LogP contribution in [0.2, 0.25) is 0 Å². The molecule has 7 nitrogen and oxygen atoms in total. The molecule has 2 aromatic heterocycles. The standard InChI is InChI=1S/C7H7N6O/c1-4-3-5(2)13-7(9-4)6(10-12-8)11-14-13/h3H,1-2H3/q+1. The molecule has 0 atom stereocenters.